The van der Waals surface area contributed by atoms with E-state index in [9.17, 15) is 19.5 Å². The number of allylic oxidation sites excluding steroid dienone is 2. The number of nitrogens with zero attached hydrogens (tertiary/aromatic N) is 2. The maximum absolute atomic E-state index is 14.1. The molecule has 54 heavy (non-hydrogen) atoms. The lowest BCUT2D eigenvalue weighted by molar-refractivity contribution is -0.299. The van der Waals surface area contributed by atoms with Gasteiger partial charge in [0, 0.05) is 25.6 Å². The Morgan fingerprint density at radius 3 is 1.78 bits per heavy atom. The van der Waals surface area contributed by atoms with Crippen LogP contribution < -0.4 is 5.32 Å². The molecule has 0 radical (unpaired) electrons. The van der Waals surface area contributed by atoms with Crippen LogP contribution in [-0.4, -0.2) is 77.5 Å². The Morgan fingerprint density at radius 1 is 0.759 bits per heavy atom. The summed E-state index contributed by atoms with van der Waals surface area (Å²) in [6.45, 7) is 6.91. The lowest BCUT2D eigenvalue weighted by Crippen LogP contribution is -2.63. The molecular formula is C40H41N3O11. The molecule has 0 bridgehead atoms. The van der Waals surface area contributed by atoms with E-state index in [4.69, 9.17) is 32.5 Å². The van der Waals surface area contributed by atoms with Crippen LogP contribution in [0.3, 0.4) is 0 Å². The fraction of sp³-hybridized carbons (Fsp3) is 0.325. The topological polar surface area (TPSA) is 182 Å². The minimum absolute atomic E-state index is 0.0380. The SMILES string of the molecule is C=CC[C@H](Cc1nc2ccccc2o1)C(=O)O[C@H]1[C@@H](OC(=O)[C@H](CC=C)Cc2nc3ccccc3o2)[C@@H](CO)O[C@H](OC)[C@@H]1OC(=O)Nc1ccccc1. The molecule has 3 heterocycles. The number of hydrogen-bond acceptors (Lipinski definition) is 13. The maximum Gasteiger partial charge on any atom is 0.412 e. The zero-order chi connectivity index (χ0) is 38.0. The number of nitrogens with one attached hydrogen (secondary N) is 1. The summed E-state index contributed by atoms with van der Waals surface area (Å²) in [6, 6.07) is 22.9. The highest BCUT2D eigenvalue weighted by atomic mass is 16.7. The predicted octanol–water partition coefficient (Wildman–Crippen LogP) is 5.94. The van der Waals surface area contributed by atoms with E-state index in [1.807, 2.05) is 24.3 Å². The number of aliphatic hydroxyl groups excluding tert-OH is 1. The van der Waals surface area contributed by atoms with Gasteiger partial charge in [-0.05, 0) is 49.2 Å². The molecule has 14 heteroatoms. The van der Waals surface area contributed by atoms with Crippen molar-refractivity contribution in [3.63, 3.8) is 0 Å². The van der Waals surface area contributed by atoms with Crippen molar-refractivity contribution in [2.24, 2.45) is 11.8 Å². The number of amides is 1. The molecule has 1 aliphatic rings. The number of oxazole rings is 2. The number of rotatable bonds is 16. The number of carbonyl (C=O) groups is 3. The third-order valence-corrected chi connectivity index (χ3v) is 8.86. The van der Waals surface area contributed by atoms with Gasteiger partial charge < -0.3 is 37.6 Å². The Balaban J connectivity index is 1.30. The van der Waals surface area contributed by atoms with Gasteiger partial charge in [-0.3, -0.25) is 14.9 Å². The number of benzene rings is 3. The average Bonchev–Trinajstić information content (AvgIpc) is 3.79. The third-order valence-electron chi connectivity index (χ3n) is 8.86. The quantitative estimate of drug-likeness (QED) is 0.0690. The zero-order valence-corrected chi connectivity index (χ0v) is 29.6. The van der Waals surface area contributed by atoms with Crippen LogP contribution in [-0.2, 0) is 46.1 Å². The molecule has 1 saturated heterocycles. The van der Waals surface area contributed by atoms with E-state index in [0.29, 0.717) is 39.7 Å². The summed E-state index contributed by atoms with van der Waals surface area (Å²) in [4.78, 5) is 50.4. The van der Waals surface area contributed by atoms with Crippen molar-refractivity contribution in [1.29, 1.82) is 0 Å². The fourth-order valence-electron chi connectivity index (χ4n) is 6.23. The highest BCUT2D eigenvalue weighted by molar-refractivity contribution is 5.84. The number of esters is 2. The van der Waals surface area contributed by atoms with Crippen molar-refractivity contribution >= 4 is 45.9 Å². The summed E-state index contributed by atoms with van der Waals surface area (Å²) in [7, 11) is 1.30. The van der Waals surface area contributed by atoms with E-state index < -0.39 is 67.2 Å². The van der Waals surface area contributed by atoms with Gasteiger partial charge in [-0.1, -0.05) is 54.6 Å². The zero-order valence-electron chi connectivity index (χ0n) is 29.6. The standard InChI is InChI=1S/C40H41N3O11/c1-4-13-24(21-32-42-27-17-9-11-19-29(27)49-32)37(45)52-34-31(23-44)51-39(48-3)36(54-40(47)41-26-15-7-6-8-16-26)35(34)53-38(46)25(14-5-2)22-33-43-28-18-10-12-20-30(28)50-33/h4-12,15-20,24-25,31,34-36,39,44H,1-2,13-14,21-23H2,3H3,(H,41,47)/t24-,25-,31-,34+,35+,36-,39+/m1/s1. The van der Waals surface area contributed by atoms with Crippen LogP contribution in [0.25, 0.3) is 22.2 Å². The van der Waals surface area contributed by atoms with Crippen molar-refractivity contribution in [1.82, 2.24) is 9.97 Å². The van der Waals surface area contributed by atoms with E-state index in [2.05, 4.69) is 28.4 Å². The molecule has 0 aliphatic carbocycles. The molecule has 1 aliphatic heterocycles. The summed E-state index contributed by atoms with van der Waals surface area (Å²) in [5.74, 6) is -2.63. The van der Waals surface area contributed by atoms with Gasteiger partial charge in [0.1, 0.15) is 17.1 Å². The highest BCUT2D eigenvalue weighted by Gasteiger charge is 2.53. The second-order valence-corrected chi connectivity index (χ2v) is 12.6. The Morgan fingerprint density at radius 2 is 1.28 bits per heavy atom. The molecule has 14 nitrogen and oxygen atoms in total. The molecule has 282 valence electrons. The molecule has 7 atom stereocenters. The summed E-state index contributed by atoms with van der Waals surface area (Å²) < 4.78 is 41.3. The average molecular weight is 740 g/mol. The van der Waals surface area contributed by atoms with Gasteiger partial charge in [-0.15, -0.1) is 13.2 Å². The van der Waals surface area contributed by atoms with Gasteiger partial charge >= 0.3 is 18.0 Å². The normalized spacial score (nSPS) is 20.8. The number of anilines is 1. The summed E-state index contributed by atoms with van der Waals surface area (Å²) >= 11 is 0. The van der Waals surface area contributed by atoms with Crippen molar-refractivity contribution < 1.29 is 52.0 Å². The van der Waals surface area contributed by atoms with Crippen LogP contribution in [0, 0.1) is 11.8 Å². The van der Waals surface area contributed by atoms with Crippen LogP contribution in [0.15, 0.2) is 113 Å². The van der Waals surface area contributed by atoms with E-state index in [1.54, 1.807) is 66.7 Å². The van der Waals surface area contributed by atoms with E-state index >= 15 is 0 Å². The molecule has 0 spiro atoms. The number of ether oxygens (including phenoxy) is 5. The highest BCUT2D eigenvalue weighted by Crippen LogP contribution is 2.32. The van der Waals surface area contributed by atoms with Gasteiger partial charge in [0.2, 0.25) is 0 Å². The number of hydrogen-bond donors (Lipinski definition) is 2. The number of para-hydroxylation sites is 5. The number of aliphatic hydroxyl groups is 1. The van der Waals surface area contributed by atoms with Gasteiger partial charge in [-0.25, -0.2) is 14.8 Å². The molecule has 1 amide bonds. The lowest BCUT2D eigenvalue weighted by Gasteiger charge is -2.44. The van der Waals surface area contributed by atoms with Crippen molar-refractivity contribution in [3.8, 4) is 0 Å². The summed E-state index contributed by atoms with van der Waals surface area (Å²) in [5.41, 5.74) is 2.77. The van der Waals surface area contributed by atoms with E-state index in [-0.39, 0.29) is 25.7 Å². The molecule has 5 aromatic rings. The smallest absolute Gasteiger partial charge is 0.412 e. The van der Waals surface area contributed by atoms with Crippen molar-refractivity contribution in [3.05, 3.63) is 116 Å². The third kappa shape index (κ3) is 9.02. The Bertz CT molecular complexity index is 2000. The number of carbonyl (C=O) groups excluding carboxylic acids is 3. The van der Waals surface area contributed by atoms with E-state index in [0.717, 1.165) is 0 Å². The number of fused-ring (bicyclic) bond motifs is 2. The summed E-state index contributed by atoms with van der Waals surface area (Å²) in [6.07, 6.45) is -4.50. The van der Waals surface area contributed by atoms with Crippen LogP contribution in [0.5, 0.6) is 0 Å². The maximum atomic E-state index is 14.1. The predicted molar refractivity (Wildman–Crippen MR) is 195 cm³/mol. The van der Waals surface area contributed by atoms with Crippen LogP contribution >= 0.6 is 0 Å². The molecule has 1 fully saturated rings. The van der Waals surface area contributed by atoms with Gasteiger partial charge in [0.25, 0.3) is 0 Å². The minimum atomic E-state index is -1.52. The van der Waals surface area contributed by atoms with Crippen LogP contribution in [0.4, 0.5) is 10.5 Å². The van der Waals surface area contributed by atoms with Crippen molar-refractivity contribution in [2.75, 3.05) is 19.0 Å². The first-order valence-corrected chi connectivity index (χ1v) is 17.4. The Hall–Kier alpha value is -5.83. The summed E-state index contributed by atoms with van der Waals surface area (Å²) in [5, 5.41) is 13.1. The molecule has 3 aromatic carbocycles. The van der Waals surface area contributed by atoms with Gasteiger partial charge in [0.15, 0.2) is 47.5 Å². The number of aromatic nitrogens is 2. The lowest BCUT2D eigenvalue weighted by atomic mass is 9.96. The molecule has 2 aromatic heterocycles. The Kier molecular flexibility index (Phi) is 12.5. The number of methoxy groups -OCH3 is 1. The Labute approximate surface area is 310 Å². The van der Waals surface area contributed by atoms with Crippen LogP contribution in [0.2, 0.25) is 0 Å². The first-order chi connectivity index (χ1) is 26.3. The van der Waals surface area contributed by atoms with Crippen molar-refractivity contribution in [2.45, 2.75) is 56.4 Å². The second-order valence-electron chi connectivity index (χ2n) is 12.6. The fourth-order valence-corrected chi connectivity index (χ4v) is 6.23. The molecule has 2 N–H and O–H groups in total. The molecule has 0 saturated carbocycles. The van der Waals surface area contributed by atoms with Crippen LogP contribution in [0.1, 0.15) is 24.6 Å². The van der Waals surface area contributed by atoms with E-state index in [1.165, 1.54) is 7.11 Å². The molecule has 6 rings (SSSR count). The monoisotopic (exact) mass is 739 g/mol. The van der Waals surface area contributed by atoms with Gasteiger partial charge in [-0.2, -0.15) is 0 Å². The second kappa shape index (κ2) is 17.8. The van der Waals surface area contributed by atoms with Gasteiger partial charge in [0.05, 0.1) is 18.4 Å². The first-order valence-electron chi connectivity index (χ1n) is 17.4. The molecular weight excluding hydrogens is 698 g/mol. The largest absolute Gasteiger partial charge is 0.455 e. The minimum Gasteiger partial charge on any atom is -0.455 e. The first kappa shape index (κ1) is 37.9. The molecule has 0 unspecified atom stereocenters.